The molecule has 3 heterocycles. The average Bonchev–Trinajstić information content (AvgIpc) is 2.96. The topological polar surface area (TPSA) is 43.8 Å². The summed E-state index contributed by atoms with van der Waals surface area (Å²) in [6, 6.07) is 3.87. The van der Waals surface area contributed by atoms with Gasteiger partial charge in [0.25, 0.3) is 0 Å². The molecule has 0 radical (unpaired) electrons. The van der Waals surface area contributed by atoms with E-state index in [-0.39, 0.29) is 5.41 Å². The molecule has 2 atom stereocenters. The monoisotopic (exact) mass is 278 g/mol. The van der Waals surface area contributed by atoms with Crippen LogP contribution in [0.2, 0.25) is 0 Å². The molecular weight excluding hydrogens is 256 g/mol. The first-order valence-corrected chi connectivity index (χ1v) is 7.04. The smallest absolute Gasteiger partial charge is 0.141 e. The van der Waals surface area contributed by atoms with Crippen LogP contribution in [0.15, 0.2) is 18.3 Å². The van der Waals surface area contributed by atoms with Crippen molar-refractivity contribution in [3.8, 4) is 5.75 Å². The standard InChI is InChI=1S/C15H22N2O3/c1-18-10-15-9-17(6-12(15)8-20-11-15)7-13-14(19-2)4-3-5-16-13/h3-5,12H,6-11H2,1-2H3/t12-,15-/m0/s1. The van der Waals surface area contributed by atoms with E-state index in [2.05, 4.69) is 9.88 Å². The number of hydrogen-bond donors (Lipinski definition) is 0. The van der Waals surface area contributed by atoms with Crippen molar-refractivity contribution in [3.63, 3.8) is 0 Å². The molecule has 1 aromatic rings. The molecule has 2 aliphatic heterocycles. The molecule has 2 fully saturated rings. The summed E-state index contributed by atoms with van der Waals surface area (Å²) in [7, 11) is 3.47. The highest BCUT2D eigenvalue weighted by atomic mass is 16.5. The van der Waals surface area contributed by atoms with E-state index in [0.29, 0.717) is 5.92 Å². The van der Waals surface area contributed by atoms with Crippen LogP contribution in [0.1, 0.15) is 5.69 Å². The second-order valence-corrected chi connectivity index (χ2v) is 5.83. The normalized spacial score (nSPS) is 29.6. The lowest BCUT2D eigenvalue weighted by Crippen LogP contribution is -2.35. The Morgan fingerprint density at radius 3 is 3.20 bits per heavy atom. The van der Waals surface area contributed by atoms with Crippen molar-refractivity contribution in [2.75, 3.05) is 47.1 Å². The third-order valence-electron chi connectivity index (χ3n) is 4.47. The number of nitrogens with zero attached hydrogens (tertiary/aromatic N) is 2. The number of methoxy groups -OCH3 is 2. The van der Waals surface area contributed by atoms with E-state index in [0.717, 1.165) is 50.9 Å². The van der Waals surface area contributed by atoms with Crippen molar-refractivity contribution in [1.82, 2.24) is 9.88 Å². The molecule has 0 bridgehead atoms. The zero-order chi connectivity index (χ0) is 14.0. The van der Waals surface area contributed by atoms with Crippen LogP contribution in [-0.4, -0.2) is 57.0 Å². The Morgan fingerprint density at radius 1 is 1.50 bits per heavy atom. The van der Waals surface area contributed by atoms with Crippen LogP contribution < -0.4 is 4.74 Å². The Morgan fingerprint density at radius 2 is 2.40 bits per heavy atom. The number of rotatable bonds is 5. The minimum Gasteiger partial charge on any atom is -0.495 e. The fraction of sp³-hybridized carbons (Fsp3) is 0.667. The summed E-state index contributed by atoms with van der Waals surface area (Å²) in [5, 5.41) is 0. The summed E-state index contributed by atoms with van der Waals surface area (Å²) in [5.41, 5.74) is 1.17. The van der Waals surface area contributed by atoms with Crippen molar-refractivity contribution in [3.05, 3.63) is 24.0 Å². The molecule has 0 aromatic carbocycles. The number of aromatic nitrogens is 1. The number of pyridine rings is 1. The number of fused-ring (bicyclic) bond motifs is 1. The first-order valence-electron chi connectivity index (χ1n) is 7.04. The molecule has 0 N–H and O–H groups in total. The molecule has 0 saturated carbocycles. The second-order valence-electron chi connectivity index (χ2n) is 5.83. The van der Waals surface area contributed by atoms with Gasteiger partial charge in [0.1, 0.15) is 5.75 Å². The molecular formula is C15H22N2O3. The van der Waals surface area contributed by atoms with Gasteiger partial charge in [-0.1, -0.05) is 0 Å². The molecule has 110 valence electrons. The Balaban J connectivity index is 1.71. The largest absolute Gasteiger partial charge is 0.495 e. The highest BCUT2D eigenvalue weighted by Crippen LogP contribution is 2.42. The van der Waals surface area contributed by atoms with Gasteiger partial charge in [0.05, 0.1) is 32.6 Å². The van der Waals surface area contributed by atoms with E-state index in [1.807, 2.05) is 18.3 Å². The number of likely N-dealkylation sites (tertiary alicyclic amines) is 1. The third kappa shape index (κ3) is 2.41. The van der Waals surface area contributed by atoms with E-state index in [9.17, 15) is 0 Å². The Kier molecular flexibility index (Phi) is 3.92. The Bertz CT molecular complexity index is 468. The summed E-state index contributed by atoms with van der Waals surface area (Å²) >= 11 is 0. The average molecular weight is 278 g/mol. The van der Waals surface area contributed by atoms with Crippen LogP contribution in [0.25, 0.3) is 0 Å². The Labute approximate surface area is 119 Å². The highest BCUT2D eigenvalue weighted by Gasteiger charge is 2.50. The zero-order valence-corrected chi connectivity index (χ0v) is 12.2. The van der Waals surface area contributed by atoms with E-state index >= 15 is 0 Å². The van der Waals surface area contributed by atoms with Crippen LogP contribution in [-0.2, 0) is 16.0 Å². The maximum atomic E-state index is 5.66. The van der Waals surface area contributed by atoms with Gasteiger partial charge in [0, 0.05) is 44.3 Å². The molecule has 20 heavy (non-hydrogen) atoms. The van der Waals surface area contributed by atoms with Gasteiger partial charge in [0.2, 0.25) is 0 Å². The van der Waals surface area contributed by atoms with Crippen LogP contribution >= 0.6 is 0 Å². The lowest BCUT2D eigenvalue weighted by molar-refractivity contribution is 0.0531. The van der Waals surface area contributed by atoms with Gasteiger partial charge in [-0.05, 0) is 12.1 Å². The minimum absolute atomic E-state index is 0.163. The molecule has 0 amide bonds. The lowest BCUT2D eigenvalue weighted by Gasteiger charge is -2.26. The van der Waals surface area contributed by atoms with E-state index in [1.54, 1.807) is 14.2 Å². The molecule has 0 aliphatic carbocycles. The van der Waals surface area contributed by atoms with Gasteiger partial charge >= 0.3 is 0 Å². The van der Waals surface area contributed by atoms with Crippen LogP contribution in [0.5, 0.6) is 5.75 Å². The van der Waals surface area contributed by atoms with Crippen molar-refractivity contribution in [2.24, 2.45) is 11.3 Å². The summed E-state index contributed by atoms with van der Waals surface area (Å²) in [4.78, 5) is 6.89. The van der Waals surface area contributed by atoms with Gasteiger partial charge in [-0.15, -0.1) is 0 Å². The summed E-state index contributed by atoms with van der Waals surface area (Å²) in [5.74, 6) is 1.43. The molecule has 5 nitrogen and oxygen atoms in total. The van der Waals surface area contributed by atoms with Crippen LogP contribution in [0.3, 0.4) is 0 Å². The molecule has 0 spiro atoms. The van der Waals surface area contributed by atoms with E-state index in [4.69, 9.17) is 14.2 Å². The predicted molar refractivity (Wildman–Crippen MR) is 74.7 cm³/mol. The van der Waals surface area contributed by atoms with E-state index < -0.39 is 0 Å². The van der Waals surface area contributed by atoms with Crippen molar-refractivity contribution < 1.29 is 14.2 Å². The molecule has 2 saturated heterocycles. The molecule has 2 aliphatic rings. The van der Waals surface area contributed by atoms with Gasteiger partial charge < -0.3 is 14.2 Å². The highest BCUT2D eigenvalue weighted by molar-refractivity contribution is 5.26. The lowest BCUT2D eigenvalue weighted by atomic mass is 9.82. The molecule has 1 aromatic heterocycles. The molecule has 0 unspecified atom stereocenters. The maximum absolute atomic E-state index is 5.66. The maximum Gasteiger partial charge on any atom is 0.141 e. The van der Waals surface area contributed by atoms with Crippen molar-refractivity contribution >= 4 is 0 Å². The minimum atomic E-state index is 0.163. The van der Waals surface area contributed by atoms with Gasteiger partial charge in [-0.2, -0.15) is 0 Å². The van der Waals surface area contributed by atoms with E-state index in [1.165, 1.54) is 0 Å². The summed E-state index contributed by atoms with van der Waals surface area (Å²) in [6.07, 6.45) is 1.82. The quantitative estimate of drug-likeness (QED) is 0.809. The van der Waals surface area contributed by atoms with Gasteiger partial charge in [0.15, 0.2) is 0 Å². The fourth-order valence-electron chi connectivity index (χ4n) is 3.49. The summed E-state index contributed by atoms with van der Waals surface area (Å²) < 4.78 is 16.5. The molecule has 5 heteroatoms. The zero-order valence-electron chi connectivity index (χ0n) is 12.2. The van der Waals surface area contributed by atoms with Gasteiger partial charge in [-0.25, -0.2) is 0 Å². The van der Waals surface area contributed by atoms with Crippen molar-refractivity contribution in [1.29, 1.82) is 0 Å². The fourth-order valence-corrected chi connectivity index (χ4v) is 3.49. The second kappa shape index (κ2) is 5.68. The number of hydrogen-bond acceptors (Lipinski definition) is 5. The van der Waals surface area contributed by atoms with Crippen LogP contribution in [0, 0.1) is 11.3 Å². The number of ether oxygens (including phenoxy) is 3. The molecule has 3 rings (SSSR count). The predicted octanol–water partition coefficient (Wildman–Crippen LogP) is 1.18. The van der Waals surface area contributed by atoms with Crippen molar-refractivity contribution in [2.45, 2.75) is 6.54 Å². The Hall–Kier alpha value is -1.17. The third-order valence-corrected chi connectivity index (χ3v) is 4.47. The van der Waals surface area contributed by atoms with Crippen LogP contribution in [0.4, 0.5) is 0 Å². The first-order chi connectivity index (χ1) is 9.77. The summed E-state index contributed by atoms with van der Waals surface area (Å²) in [6.45, 7) is 5.30. The first kappa shape index (κ1) is 13.8. The van der Waals surface area contributed by atoms with Gasteiger partial charge in [-0.3, -0.25) is 9.88 Å². The SMILES string of the molecule is COC[C@@]12COC[C@@H]1CN(Cc1ncccc1OC)C2.